The maximum Gasteiger partial charge on any atom is 0.0629 e. The fourth-order valence-electron chi connectivity index (χ4n) is 4.21. The van der Waals surface area contributed by atoms with Crippen molar-refractivity contribution in [3.8, 4) is 43.8 Å². The Hall–Kier alpha value is -4.46. The van der Waals surface area contributed by atoms with Crippen LogP contribution in [0.1, 0.15) is 31.5 Å². The Morgan fingerprint density at radius 2 is 0.757 bits per heavy atom. The third kappa shape index (κ3) is 3.67. The summed E-state index contributed by atoms with van der Waals surface area (Å²) in [6, 6.07) is -19.4. The normalized spacial score (nSPS) is 19.9. The van der Waals surface area contributed by atoms with E-state index < -0.39 is 194 Å². The summed E-state index contributed by atoms with van der Waals surface area (Å²) in [4.78, 5) is -0.298. The van der Waals surface area contributed by atoms with Crippen LogP contribution in [-0.4, -0.2) is 0 Å². The standard InChI is InChI=1S/C36H24S/c1-4-14-25(15-5-1)32-24-37-36(34(32)27-18-8-3-9-19-27)35-30-22-12-10-20-28(30)33(26-16-6-2-7-17-26)29-21-11-13-23-31(29)35/h1-24H/i1D,2D,3D,4D,5D,6D,7D,8D,9D,10D,11D,12D,13D,14D,15D,16D,17D,18D,19D,20D,21D,22D,23D. The highest BCUT2D eigenvalue weighted by Gasteiger charge is 2.22. The van der Waals surface area contributed by atoms with Gasteiger partial charge in [-0.3, -0.25) is 0 Å². The summed E-state index contributed by atoms with van der Waals surface area (Å²) >= 11 is 0.643. The first kappa shape index (κ1) is 8.55. The molecule has 0 radical (unpaired) electrons. The van der Waals surface area contributed by atoms with Gasteiger partial charge in [0.15, 0.2) is 0 Å². The lowest BCUT2D eigenvalue weighted by atomic mass is 9.86. The molecule has 1 heterocycles. The molecule has 0 aliphatic heterocycles. The fourth-order valence-corrected chi connectivity index (χ4v) is 5.33. The Kier molecular flexibility index (Phi) is 2.13. The molecule has 0 aliphatic carbocycles. The van der Waals surface area contributed by atoms with Crippen LogP contribution in [0.4, 0.5) is 0 Å². The summed E-state index contributed by atoms with van der Waals surface area (Å²) in [6.45, 7) is 0. The Balaban J connectivity index is 1.91. The van der Waals surface area contributed by atoms with Crippen molar-refractivity contribution in [3.63, 3.8) is 0 Å². The molecule has 0 bridgehead atoms. The fraction of sp³-hybridized carbons (Fsp3) is 0. The largest absolute Gasteiger partial charge is 0.142 e. The van der Waals surface area contributed by atoms with Gasteiger partial charge in [-0.1, -0.05) is 139 Å². The lowest BCUT2D eigenvalue weighted by Gasteiger charge is -2.18. The molecule has 0 spiro atoms. The van der Waals surface area contributed by atoms with Crippen molar-refractivity contribution >= 4 is 32.9 Å². The molecule has 7 rings (SSSR count). The van der Waals surface area contributed by atoms with Crippen molar-refractivity contribution in [1.82, 2.24) is 0 Å². The second-order valence-electron chi connectivity index (χ2n) is 7.60. The van der Waals surface area contributed by atoms with Crippen LogP contribution in [0.3, 0.4) is 0 Å². The maximum absolute atomic E-state index is 9.31. The zero-order valence-electron chi connectivity index (χ0n) is 41.5. The first-order valence-electron chi connectivity index (χ1n) is 22.2. The first-order valence-corrected chi connectivity index (χ1v) is 11.6. The van der Waals surface area contributed by atoms with Crippen LogP contribution < -0.4 is 0 Å². The molecule has 0 aliphatic rings. The molecule has 174 valence electrons. The molecule has 0 saturated heterocycles. The molecule has 0 unspecified atom stereocenters. The third-order valence-electron chi connectivity index (χ3n) is 5.66. The van der Waals surface area contributed by atoms with Crippen molar-refractivity contribution < 1.29 is 31.5 Å². The zero-order chi connectivity index (χ0) is 44.6. The molecule has 1 aromatic heterocycles. The van der Waals surface area contributed by atoms with Crippen molar-refractivity contribution in [2.45, 2.75) is 0 Å². The summed E-state index contributed by atoms with van der Waals surface area (Å²) in [6.07, 6.45) is 0. The van der Waals surface area contributed by atoms with Gasteiger partial charge in [0, 0.05) is 21.6 Å². The lowest BCUT2D eigenvalue weighted by Crippen LogP contribution is -1.91. The molecule has 6 aromatic carbocycles. The molecule has 0 atom stereocenters. The number of rotatable bonds is 4. The van der Waals surface area contributed by atoms with Gasteiger partial charge in [0.2, 0.25) is 0 Å². The van der Waals surface area contributed by atoms with E-state index in [0.717, 1.165) is 0 Å². The van der Waals surface area contributed by atoms with Gasteiger partial charge >= 0.3 is 0 Å². The van der Waals surface area contributed by atoms with Crippen LogP contribution in [0.25, 0.3) is 65.4 Å². The van der Waals surface area contributed by atoms with Crippen LogP contribution >= 0.6 is 11.3 Å². The van der Waals surface area contributed by atoms with E-state index in [1.54, 1.807) is 0 Å². The van der Waals surface area contributed by atoms with E-state index in [4.69, 9.17) is 26.0 Å². The van der Waals surface area contributed by atoms with E-state index in [9.17, 15) is 5.48 Å². The number of hydrogen-bond acceptors (Lipinski definition) is 1. The molecule has 7 aromatic rings. The van der Waals surface area contributed by atoms with Gasteiger partial charge in [0.1, 0.15) is 0 Å². The molecule has 1 heteroatoms. The Morgan fingerprint density at radius 3 is 1.24 bits per heavy atom. The van der Waals surface area contributed by atoms with Crippen LogP contribution in [0.5, 0.6) is 0 Å². The molecule has 0 N–H and O–H groups in total. The highest BCUT2D eigenvalue weighted by molar-refractivity contribution is 7.15. The summed E-state index contributed by atoms with van der Waals surface area (Å²) in [5.74, 6) is 0. The van der Waals surface area contributed by atoms with Gasteiger partial charge in [0.05, 0.1) is 31.5 Å². The maximum atomic E-state index is 9.31. The van der Waals surface area contributed by atoms with Gasteiger partial charge in [-0.05, 0) is 49.2 Å². The minimum atomic E-state index is -0.885. The third-order valence-corrected chi connectivity index (χ3v) is 6.66. The Bertz CT molecular complexity index is 2960. The average Bonchev–Trinajstić information content (AvgIpc) is 3.64. The first-order chi connectivity index (χ1) is 27.9. The molecular formula is C36H24S. The SMILES string of the molecule is [2H]c1c([2H])c([2H])c(-c2csc(-c3c4c([2H])c([2H])c([2H])c([2H])c4c(-c4c([2H])c([2H])c([2H])c([2H])c4[2H])c4c([2H])c([2H])c([2H])c([2H])c34)c2-c2c([2H])c([2H])c([2H])c([2H])c2[2H])c([2H])c1[2H]. The van der Waals surface area contributed by atoms with Crippen LogP contribution in [0, 0.1) is 0 Å². The average molecular weight is 512 g/mol. The van der Waals surface area contributed by atoms with E-state index >= 15 is 0 Å². The van der Waals surface area contributed by atoms with Gasteiger partial charge in [-0.25, -0.2) is 0 Å². The monoisotopic (exact) mass is 511 g/mol. The van der Waals surface area contributed by atoms with E-state index in [2.05, 4.69) is 0 Å². The van der Waals surface area contributed by atoms with Crippen LogP contribution in [-0.2, 0) is 0 Å². The molecule has 0 fully saturated rings. The highest BCUT2D eigenvalue weighted by atomic mass is 32.1. The second kappa shape index (κ2) is 9.20. The highest BCUT2D eigenvalue weighted by Crippen LogP contribution is 2.50. The van der Waals surface area contributed by atoms with Crippen molar-refractivity contribution in [2.75, 3.05) is 0 Å². The zero-order valence-corrected chi connectivity index (χ0v) is 19.3. The predicted molar refractivity (Wildman–Crippen MR) is 161 cm³/mol. The van der Waals surface area contributed by atoms with Crippen LogP contribution in [0.15, 0.2) is 144 Å². The number of hydrogen-bond donors (Lipinski definition) is 0. The summed E-state index contributed by atoms with van der Waals surface area (Å²) < 4.78 is 201. The van der Waals surface area contributed by atoms with Crippen molar-refractivity contribution in [2.24, 2.45) is 0 Å². The second-order valence-corrected chi connectivity index (χ2v) is 8.48. The molecule has 0 amide bonds. The molecule has 0 nitrogen and oxygen atoms in total. The minimum absolute atomic E-state index is 0.298. The predicted octanol–water partition coefficient (Wildman–Crippen LogP) is 10.7. The smallest absolute Gasteiger partial charge is 0.0629 e. The molecule has 0 saturated carbocycles. The van der Waals surface area contributed by atoms with Crippen molar-refractivity contribution in [3.05, 3.63) is 144 Å². The van der Waals surface area contributed by atoms with Gasteiger partial charge in [-0.15, -0.1) is 11.3 Å². The Labute approximate surface area is 253 Å². The number of thiophene rings is 1. The number of fused-ring (bicyclic) bond motifs is 2. The molecule has 37 heavy (non-hydrogen) atoms. The lowest BCUT2D eigenvalue weighted by molar-refractivity contribution is 1.63. The molecular weight excluding hydrogens is 464 g/mol. The van der Waals surface area contributed by atoms with E-state index in [1.165, 1.54) is 5.38 Å². The van der Waals surface area contributed by atoms with Gasteiger partial charge in [-0.2, -0.15) is 0 Å². The van der Waals surface area contributed by atoms with E-state index in [-0.39, 0.29) is 10.4 Å². The van der Waals surface area contributed by atoms with Crippen LogP contribution in [0.2, 0.25) is 0 Å². The Morgan fingerprint density at radius 1 is 0.378 bits per heavy atom. The number of benzene rings is 6. The topological polar surface area (TPSA) is 0 Å². The quantitative estimate of drug-likeness (QED) is 0.206. The minimum Gasteiger partial charge on any atom is -0.142 e. The summed E-state index contributed by atoms with van der Waals surface area (Å²) in [7, 11) is 0. The summed E-state index contributed by atoms with van der Waals surface area (Å²) in [5, 5.41) is -1.00. The van der Waals surface area contributed by atoms with Gasteiger partial charge in [0.25, 0.3) is 0 Å². The van der Waals surface area contributed by atoms with E-state index in [0.29, 0.717) is 11.3 Å². The summed E-state index contributed by atoms with van der Waals surface area (Å²) in [5.41, 5.74) is -3.52. The van der Waals surface area contributed by atoms with Crippen molar-refractivity contribution in [1.29, 1.82) is 0 Å². The van der Waals surface area contributed by atoms with Gasteiger partial charge < -0.3 is 0 Å². The van der Waals surface area contributed by atoms with E-state index in [1.807, 2.05) is 0 Å².